The molecule has 0 amide bonds. The minimum Gasteiger partial charge on any atom is -0.480 e. The molecule has 1 aliphatic heterocycles. The number of aliphatic carboxylic acids is 1. The minimum absolute atomic E-state index is 0.0880. The summed E-state index contributed by atoms with van der Waals surface area (Å²) >= 11 is 0. The molecule has 3 N–H and O–H groups in total. The molecule has 0 saturated carbocycles. The number of nitrogens with one attached hydrogen (secondary N) is 1. The van der Waals surface area contributed by atoms with Crippen molar-refractivity contribution in [3.8, 4) is 0 Å². The fourth-order valence-electron chi connectivity index (χ4n) is 2.69. The summed E-state index contributed by atoms with van der Waals surface area (Å²) in [5.41, 5.74) is 2.97. The minimum atomic E-state index is -0.832. The molecule has 0 bridgehead atoms. The Balaban J connectivity index is 2.19. The second kappa shape index (κ2) is 4.12. The Morgan fingerprint density at radius 1 is 1.44 bits per heavy atom. The SMILES string of the molecule is O=C(O)[C@@H]1Cc2c(n(CO)c3ccccc23)CN1. The van der Waals surface area contributed by atoms with Crippen LogP contribution in [0.25, 0.3) is 10.9 Å². The number of nitrogens with zero attached hydrogens (tertiary/aromatic N) is 1. The van der Waals surface area contributed by atoms with Gasteiger partial charge in [-0.05, 0) is 11.6 Å². The highest BCUT2D eigenvalue weighted by atomic mass is 16.4. The Morgan fingerprint density at radius 2 is 2.22 bits per heavy atom. The number of aliphatic hydroxyl groups is 1. The van der Waals surface area contributed by atoms with Crippen molar-refractivity contribution in [1.82, 2.24) is 9.88 Å². The number of benzene rings is 1. The zero-order valence-electron chi connectivity index (χ0n) is 9.76. The van der Waals surface area contributed by atoms with Gasteiger partial charge in [-0.3, -0.25) is 10.1 Å². The van der Waals surface area contributed by atoms with Gasteiger partial charge in [-0.2, -0.15) is 0 Å². The van der Waals surface area contributed by atoms with Crippen LogP contribution in [0.2, 0.25) is 0 Å². The molecule has 3 rings (SSSR count). The third-order valence-corrected chi connectivity index (χ3v) is 3.56. The van der Waals surface area contributed by atoms with Gasteiger partial charge in [0.2, 0.25) is 0 Å². The Kier molecular flexibility index (Phi) is 2.57. The van der Waals surface area contributed by atoms with Gasteiger partial charge in [-0.1, -0.05) is 18.2 Å². The molecule has 1 atom stereocenters. The van der Waals surface area contributed by atoms with Gasteiger partial charge in [-0.15, -0.1) is 0 Å². The highest BCUT2D eigenvalue weighted by Crippen LogP contribution is 2.29. The van der Waals surface area contributed by atoms with Crippen LogP contribution in [0.5, 0.6) is 0 Å². The fourth-order valence-corrected chi connectivity index (χ4v) is 2.69. The third-order valence-electron chi connectivity index (χ3n) is 3.56. The molecule has 0 radical (unpaired) electrons. The lowest BCUT2D eigenvalue weighted by Gasteiger charge is -2.22. The van der Waals surface area contributed by atoms with Crippen molar-refractivity contribution in [2.75, 3.05) is 0 Å². The van der Waals surface area contributed by atoms with Crippen LogP contribution in [-0.2, 0) is 24.5 Å². The molecule has 2 aromatic rings. The van der Waals surface area contributed by atoms with Crippen LogP contribution in [0.4, 0.5) is 0 Å². The van der Waals surface area contributed by atoms with Gasteiger partial charge in [0, 0.05) is 24.0 Å². The van der Waals surface area contributed by atoms with Gasteiger partial charge >= 0.3 is 5.97 Å². The molecular weight excluding hydrogens is 232 g/mol. The van der Waals surface area contributed by atoms with Crippen molar-refractivity contribution in [1.29, 1.82) is 0 Å². The van der Waals surface area contributed by atoms with Gasteiger partial charge in [0.15, 0.2) is 0 Å². The number of carboxylic acids is 1. The van der Waals surface area contributed by atoms with Crippen LogP contribution in [0, 0.1) is 0 Å². The lowest BCUT2D eigenvalue weighted by Crippen LogP contribution is -2.42. The molecule has 5 nitrogen and oxygen atoms in total. The number of fused-ring (bicyclic) bond motifs is 3. The monoisotopic (exact) mass is 246 g/mol. The average Bonchev–Trinajstić information content (AvgIpc) is 2.71. The second-order valence-electron chi connectivity index (χ2n) is 4.49. The van der Waals surface area contributed by atoms with Gasteiger partial charge in [0.25, 0.3) is 0 Å². The number of rotatable bonds is 2. The summed E-state index contributed by atoms with van der Waals surface area (Å²) in [6.07, 6.45) is 0.457. The van der Waals surface area contributed by atoms with E-state index in [0.29, 0.717) is 13.0 Å². The molecular formula is C13H14N2O3. The molecule has 94 valence electrons. The quantitative estimate of drug-likeness (QED) is 0.729. The van der Waals surface area contributed by atoms with Crippen LogP contribution in [0.1, 0.15) is 11.3 Å². The standard InChI is InChI=1S/C13H14N2O3/c16-7-15-11-4-2-1-3-8(11)9-5-10(13(17)18)14-6-12(9)15/h1-4,10,14,16H,5-7H2,(H,17,18)/t10-/m0/s1. The number of aliphatic hydroxyl groups excluding tert-OH is 1. The van der Waals surface area contributed by atoms with Crippen LogP contribution < -0.4 is 5.32 Å². The molecule has 18 heavy (non-hydrogen) atoms. The Morgan fingerprint density at radius 3 is 2.94 bits per heavy atom. The molecule has 0 saturated heterocycles. The lowest BCUT2D eigenvalue weighted by molar-refractivity contribution is -0.139. The van der Waals surface area contributed by atoms with E-state index in [1.807, 2.05) is 28.8 Å². The van der Waals surface area contributed by atoms with Crippen molar-refractivity contribution in [3.63, 3.8) is 0 Å². The lowest BCUT2D eigenvalue weighted by atomic mass is 9.99. The molecule has 0 unspecified atom stereocenters. The maximum atomic E-state index is 11.1. The van der Waals surface area contributed by atoms with Crippen LogP contribution in [-0.4, -0.2) is 26.8 Å². The number of hydrogen-bond donors (Lipinski definition) is 3. The van der Waals surface area contributed by atoms with E-state index in [0.717, 1.165) is 22.2 Å². The maximum Gasteiger partial charge on any atom is 0.321 e. The highest BCUT2D eigenvalue weighted by molar-refractivity contribution is 5.87. The van der Waals surface area contributed by atoms with Crippen molar-refractivity contribution >= 4 is 16.9 Å². The van der Waals surface area contributed by atoms with E-state index >= 15 is 0 Å². The molecule has 2 heterocycles. The Hall–Kier alpha value is -1.85. The van der Waals surface area contributed by atoms with E-state index in [-0.39, 0.29) is 6.73 Å². The predicted molar refractivity (Wildman–Crippen MR) is 66.1 cm³/mol. The van der Waals surface area contributed by atoms with Crippen LogP contribution in [0.3, 0.4) is 0 Å². The smallest absolute Gasteiger partial charge is 0.321 e. The number of carbonyl (C=O) groups is 1. The zero-order valence-corrected chi connectivity index (χ0v) is 9.76. The molecule has 1 aliphatic rings. The fraction of sp³-hybridized carbons (Fsp3) is 0.308. The molecule has 0 aliphatic carbocycles. The number of aromatic nitrogens is 1. The van der Waals surface area contributed by atoms with E-state index in [1.54, 1.807) is 0 Å². The van der Waals surface area contributed by atoms with E-state index in [1.165, 1.54) is 0 Å². The number of hydrogen-bond acceptors (Lipinski definition) is 3. The van der Waals surface area contributed by atoms with Crippen LogP contribution in [0.15, 0.2) is 24.3 Å². The first kappa shape index (κ1) is 11.3. The van der Waals surface area contributed by atoms with Crippen molar-refractivity contribution in [2.45, 2.75) is 25.7 Å². The summed E-state index contributed by atoms with van der Waals surface area (Å²) in [4.78, 5) is 11.1. The van der Waals surface area contributed by atoms with Gasteiger partial charge < -0.3 is 14.8 Å². The van der Waals surface area contributed by atoms with E-state index in [4.69, 9.17) is 5.11 Å². The summed E-state index contributed by atoms with van der Waals surface area (Å²) in [6.45, 7) is 0.386. The molecule has 0 spiro atoms. The van der Waals surface area contributed by atoms with E-state index in [2.05, 4.69) is 5.32 Å². The Bertz CT molecular complexity index is 618. The zero-order chi connectivity index (χ0) is 12.7. The summed E-state index contributed by atoms with van der Waals surface area (Å²) in [7, 11) is 0. The second-order valence-corrected chi connectivity index (χ2v) is 4.49. The first-order chi connectivity index (χ1) is 8.72. The average molecular weight is 246 g/mol. The van der Waals surface area contributed by atoms with Gasteiger partial charge in [0.05, 0.1) is 5.52 Å². The van der Waals surface area contributed by atoms with Crippen molar-refractivity contribution in [2.24, 2.45) is 0 Å². The molecule has 1 aromatic carbocycles. The molecule has 0 fully saturated rings. The molecule has 5 heteroatoms. The normalized spacial score (nSPS) is 18.8. The summed E-state index contributed by atoms with van der Waals surface area (Å²) < 4.78 is 1.83. The topological polar surface area (TPSA) is 74.5 Å². The summed E-state index contributed by atoms with van der Waals surface area (Å²) in [5.74, 6) is -0.832. The first-order valence-corrected chi connectivity index (χ1v) is 5.88. The Labute approximate surface area is 104 Å². The van der Waals surface area contributed by atoms with E-state index in [9.17, 15) is 9.90 Å². The number of carboxylic acid groups (broad SMARTS) is 1. The van der Waals surface area contributed by atoms with Crippen LogP contribution >= 0.6 is 0 Å². The maximum absolute atomic E-state index is 11.1. The first-order valence-electron chi connectivity index (χ1n) is 5.88. The highest BCUT2D eigenvalue weighted by Gasteiger charge is 2.28. The van der Waals surface area contributed by atoms with Crippen molar-refractivity contribution in [3.05, 3.63) is 35.5 Å². The summed E-state index contributed by atoms with van der Waals surface area (Å²) in [6, 6.07) is 7.23. The summed E-state index contributed by atoms with van der Waals surface area (Å²) in [5, 5.41) is 22.6. The predicted octanol–water partition coefficient (Wildman–Crippen LogP) is 0.690. The largest absolute Gasteiger partial charge is 0.480 e. The molecule has 1 aromatic heterocycles. The van der Waals surface area contributed by atoms with Gasteiger partial charge in [0.1, 0.15) is 12.8 Å². The number of para-hydroxylation sites is 1. The third kappa shape index (κ3) is 1.52. The van der Waals surface area contributed by atoms with E-state index < -0.39 is 12.0 Å². The van der Waals surface area contributed by atoms with Crippen molar-refractivity contribution < 1.29 is 15.0 Å². The van der Waals surface area contributed by atoms with Gasteiger partial charge in [-0.25, -0.2) is 0 Å².